The first kappa shape index (κ1) is 19.2. The number of carbonyl (C=O) groups excluding carboxylic acids is 1. The molecular weight excluding hydrogens is 384 g/mol. The summed E-state index contributed by atoms with van der Waals surface area (Å²) >= 11 is 6.18. The zero-order valence-electron chi connectivity index (χ0n) is 16.5. The quantitative estimate of drug-likeness (QED) is 0.405. The molecule has 0 saturated carbocycles. The third-order valence-electron chi connectivity index (χ3n) is 4.84. The molecule has 1 N–H and O–H groups in total. The lowest BCUT2D eigenvalue weighted by Crippen LogP contribution is -2.12. The van der Waals surface area contributed by atoms with Gasteiger partial charge in [0.05, 0.1) is 10.6 Å². The molecule has 0 aliphatic heterocycles. The van der Waals surface area contributed by atoms with Gasteiger partial charge in [-0.15, -0.1) is 0 Å². The molecule has 4 nitrogen and oxygen atoms in total. The van der Waals surface area contributed by atoms with Crippen LogP contribution in [0.1, 0.15) is 41.3 Å². The summed E-state index contributed by atoms with van der Waals surface area (Å²) in [5, 5.41) is 3.31. The van der Waals surface area contributed by atoms with Crippen molar-refractivity contribution >= 4 is 34.3 Å². The maximum Gasteiger partial charge on any atom is 0.257 e. The minimum Gasteiger partial charge on any atom is -0.436 e. The SMILES string of the molecule is Cc1ccc(C(=O)Nc2ccc(-c3nc4cc(C(C)C)ccc4o3)cc2)c(Cl)c1. The topological polar surface area (TPSA) is 55.1 Å². The van der Waals surface area contributed by atoms with Crippen molar-refractivity contribution < 1.29 is 9.21 Å². The third kappa shape index (κ3) is 4.03. The lowest BCUT2D eigenvalue weighted by atomic mass is 10.0. The van der Waals surface area contributed by atoms with E-state index in [-0.39, 0.29) is 5.91 Å². The van der Waals surface area contributed by atoms with Crippen LogP contribution in [0.15, 0.2) is 65.1 Å². The molecule has 146 valence electrons. The minimum absolute atomic E-state index is 0.245. The smallest absolute Gasteiger partial charge is 0.257 e. The number of aromatic nitrogens is 1. The summed E-state index contributed by atoms with van der Waals surface area (Å²) in [6.45, 7) is 6.24. The van der Waals surface area contributed by atoms with E-state index < -0.39 is 0 Å². The van der Waals surface area contributed by atoms with Gasteiger partial charge in [-0.25, -0.2) is 4.98 Å². The molecule has 1 heterocycles. The van der Waals surface area contributed by atoms with Gasteiger partial charge < -0.3 is 9.73 Å². The highest BCUT2D eigenvalue weighted by molar-refractivity contribution is 6.34. The van der Waals surface area contributed by atoms with Crippen LogP contribution in [0.5, 0.6) is 0 Å². The van der Waals surface area contributed by atoms with Crippen molar-refractivity contribution in [3.05, 3.63) is 82.4 Å². The molecule has 0 atom stereocenters. The van der Waals surface area contributed by atoms with Crippen LogP contribution in [0.4, 0.5) is 5.69 Å². The van der Waals surface area contributed by atoms with Crippen LogP contribution in [-0.2, 0) is 0 Å². The van der Waals surface area contributed by atoms with E-state index in [0.717, 1.165) is 22.2 Å². The molecule has 0 fully saturated rings. The molecule has 0 aliphatic carbocycles. The molecule has 1 amide bonds. The molecule has 0 radical (unpaired) electrons. The number of anilines is 1. The van der Waals surface area contributed by atoms with Gasteiger partial charge in [0, 0.05) is 11.3 Å². The number of fused-ring (bicyclic) bond motifs is 1. The molecule has 1 aromatic heterocycles. The highest BCUT2D eigenvalue weighted by atomic mass is 35.5. The van der Waals surface area contributed by atoms with Crippen LogP contribution in [0.2, 0.25) is 5.02 Å². The molecular formula is C24H21ClN2O2. The number of carbonyl (C=O) groups is 1. The predicted molar refractivity (Wildman–Crippen MR) is 118 cm³/mol. The van der Waals surface area contributed by atoms with E-state index >= 15 is 0 Å². The fraction of sp³-hybridized carbons (Fsp3) is 0.167. The first-order valence-corrected chi connectivity index (χ1v) is 9.87. The monoisotopic (exact) mass is 404 g/mol. The Balaban J connectivity index is 1.54. The molecule has 4 rings (SSSR count). The maximum atomic E-state index is 12.5. The Morgan fingerprint density at radius 1 is 1.03 bits per heavy atom. The summed E-state index contributed by atoms with van der Waals surface area (Å²) in [5.74, 6) is 0.746. The summed E-state index contributed by atoms with van der Waals surface area (Å²) < 4.78 is 5.89. The Kier molecular flexibility index (Phi) is 5.12. The molecule has 0 aliphatic rings. The number of benzene rings is 3. The first-order chi connectivity index (χ1) is 13.9. The van der Waals surface area contributed by atoms with E-state index in [1.165, 1.54) is 5.56 Å². The number of oxazole rings is 1. The molecule has 3 aromatic carbocycles. The van der Waals surface area contributed by atoms with Crippen LogP contribution in [-0.4, -0.2) is 10.9 Å². The van der Waals surface area contributed by atoms with Crippen molar-refractivity contribution in [3.63, 3.8) is 0 Å². The van der Waals surface area contributed by atoms with Gasteiger partial charge in [0.1, 0.15) is 5.52 Å². The molecule has 0 spiro atoms. The van der Waals surface area contributed by atoms with Crippen LogP contribution < -0.4 is 5.32 Å². The second-order valence-electron chi connectivity index (χ2n) is 7.42. The average Bonchev–Trinajstić information content (AvgIpc) is 3.11. The second-order valence-corrected chi connectivity index (χ2v) is 7.82. The second kappa shape index (κ2) is 7.72. The number of hydrogen-bond acceptors (Lipinski definition) is 3. The molecule has 0 bridgehead atoms. The summed E-state index contributed by atoms with van der Waals surface area (Å²) in [6.07, 6.45) is 0. The molecule has 29 heavy (non-hydrogen) atoms. The van der Waals surface area contributed by atoms with Gasteiger partial charge >= 0.3 is 0 Å². The number of rotatable bonds is 4. The normalized spacial score (nSPS) is 11.2. The number of aryl methyl sites for hydroxylation is 1. The van der Waals surface area contributed by atoms with Crippen molar-refractivity contribution in [2.45, 2.75) is 26.7 Å². The third-order valence-corrected chi connectivity index (χ3v) is 5.15. The average molecular weight is 405 g/mol. The van der Waals surface area contributed by atoms with Crippen LogP contribution in [0, 0.1) is 6.92 Å². The predicted octanol–water partition coefficient (Wildman–Crippen LogP) is 6.83. The Morgan fingerprint density at radius 2 is 1.79 bits per heavy atom. The largest absolute Gasteiger partial charge is 0.436 e. The molecule has 4 aromatic rings. The zero-order valence-corrected chi connectivity index (χ0v) is 17.2. The zero-order chi connectivity index (χ0) is 20.5. The molecule has 5 heteroatoms. The van der Waals surface area contributed by atoms with Gasteiger partial charge in [0.2, 0.25) is 5.89 Å². The van der Waals surface area contributed by atoms with Crippen LogP contribution >= 0.6 is 11.6 Å². The van der Waals surface area contributed by atoms with E-state index in [1.807, 2.05) is 43.3 Å². The number of nitrogens with zero attached hydrogens (tertiary/aromatic N) is 1. The van der Waals surface area contributed by atoms with Gasteiger partial charge in [-0.05, 0) is 72.5 Å². The Hall–Kier alpha value is -3.11. The number of nitrogens with one attached hydrogen (secondary N) is 1. The number of amides is 1. The summed E-state index contributed by atoms with van der Waals surface area (Å²) in [6, 6.07) is 18.9. The van der Waals surface area contributed by atoms with Crippen molar-refractivity contribution in [2.75, 3.05) is 5.32 Å². The highest BCUT2D eigenvalue weighted by Crippen LogP contribution is 2.28. The lowest BCUT2D eigenvalue weighted by molar-refractivity contribution is 0.102. The van der Waals surface area contributed by atoms with Gasteiger partial charge in [-0.3, -0.25) is 4.79 Å². The Labute approximate surface area is 174 Å². The fourth-order valence-electron chi connectivity index (χ4n) is 3.13. The standard InChI is InChI=1S/C24H21ClN2O2/c1-14(2)17-7-11-22-21(13-17)27-24(29-22)16-5-8-18(9-6-16)26-23(28)19-10-4-15(3)12-20(19)25/h4-14H,1-3H3,(H,26,28). The van der Waals surface area contributed by atoms with E-state index in [4.69, 9.17) is 16.0 Å². The van der Waals surface area contributed by atoms with E-state index in [9.17, 15) is 4.79 Å². The van der Waals surface area contributed by atoms with Gasteiger partial charge in [-0.2, -0.15) is 0 Å². The van der Waals surface area contributed by atoms with Crippen LogP contribution in [0.3, 0.4) is 0 Å². The molecule has 0 saturated heterocycles. The minimum atomic E-state index is -0.245. The Bertz CT molecular complexity index is 1190. The fourth-order valence-corrected chi connectivity index (χ4v) is 3.45. The molecule has 0 unspecified atom stereocenters. The number of hydrogen-bond donors (Lipinski definition) is 1. The van der Waals surface area contributed by atoms with Crippen molar-refractivity contribution in [3.8, 4) is 11.5 Å². The van der Waals surface area contributed by atoms with Crippen LogP contribution in [0.25, 0.3) is 22.6 Å². The van der Waals surface area contributed by atoms with Gasteiger partial charge in [0.15, 0.2) is 5.58 Å². The van der Waals surface area contributed by atoms with Gasteiger partial charge in [0.25, 0.3) is 5.91 Å². The van der Waals surface area contributed by atoms with E-state index in [2.05, 4.69) is 36.3 Å². The van der Waals surface area contributed by atoms with Crippen molar-refractivity contribution in [2.24, 2.45) is 0 Å². The van der Waals surface area contributed by atoms with E-state index in [0.29, 0.717) is 28.1 Å². The Morgan fingerprint density at radius 3 is 2.48 bits per heavy atom. The summed E-state index contributed by atoms with van der Waals surface area (Å²) in [4.78, 5) is 17.1. The summed E-state index contributed by atoms with van der Waals surface area (Å²) in [5.41, 5.74) is 5.81. The van der Waals surface area contributed by atoms with Gasteiger partial charge in [-0.1, -0.05) is 37.6 Å². The summed E-state index contributed by atoms with van der Waals surface area (Å²) in [7, 11) is 0. The number of halogens is 1. The first-order valence-electron chi connectivity index (χ1n) is 9.49. The van der Waals surface area contributed by atoms with Crippen molar-refractivity contribution in [1.82, 2.24) is 4.98 Å². The highest BCUT2D eigenvalue weighted by Gasteiger charge is 2.12. The maximum absolute atomic E-state index is 12.5. The van der Waals surface area contributed by atoms with Crippen molar-refractivity contribution in [1.29, 1.82) is 0 Å². The van der Waals surface area contributed by atoms with E-state index in [1.54, 1.807) is 12.1 Å². The lowest BCUT2D eigenvalue weighted by Gasteiger charge is -2.08.